The lowest BCUT2D eigenvalue weighted by Crippen LogP contribution is -2.56. The molecule has 0 unspecified atom stereocenters. The van der Waals surface area contributed by atoms with E-state index < -0.39 is 60.2 Å². The molecule has 12 heteroatoms. The van der Waals surface area contributed by atoms with Crippen molar-refractivity contribution in [2.24, 2.45) is 0 Å². The summed E-state index contributed by atoms with van der Waals surface area (Å²) in [6.45, 7) is 8.59. The van der Waals surface area contributed by atoms with Crippen LogP contribution in [0, 0.1) is 0 Å². The third-order valence-electron chi connectivity index (χ3n) is 11.4. The number of hydrogen-bond donors (Lipinski definition) is 2. The van der Waals surface area contributed by atoms with E-state index in [4.69, 9.17) is 18.9 Å². The predicted octanol–water partition coefficient (Wildman–Crippen LogP) is 12.9. The smallest absolute Gasteiger partial charge is 0.349 e. The number of carboxylic acids is 2. The number of aliphatic carboxylic acids is 2. The molecule has 0 heterocycles. The van der Waals surface area contributed by atoms with E-state index in [1.165, 1.54) is 25.7 Å². The molecule has 0 aliphatic rings. The second-order valence-corrected chi connectivity index (χ2v) is 17.3. The Morgan fingerprint density at radius 2 is 0.468 bits per heavy atom. The normalized spacial score (nSPS) is 13.2. The van der Waals surface area contributed by atoms with Gasteiger partial charge in [0.1, 0.15) is 0 Å². The Bertz CT molecular complexity index is 1070. The molecule has 12 nitrogen and oxygen atoms in total. The minimum absolute atomic E-state index is 0.115. The van der Waals surface area contributed by atoms with Crippen LogP contribution in [0.4, 0.5) is 0 Å². The first-order chi connectivity index (χ1) is 30.0. The maximum atomic E-state index is 13.5. The van der Waals surface area contributed by atoms with E-state index in [-0.39, 0.29) is 25.7 Å². The topological polar surface area (TPSA) is 180 Å². The average molecular weight is 883 g/mol. The fraction of sp³-hybridized carbons (Fsp3) is 0.880. The summed E-state index contributed by atoms with van der Waals surface area (Å²) in [5.74, 6) is -6.95. The van der Waals surface area contributed by atoms with Gasteiger partial charge in [-0.2, -0.15) is 0 Å². The molecule has 362 valence electrons. The van der Waals surface area contributed by atoms with Gasteiger partial charge in [0.05, 0.1) is 0 Å². The predicted molar refractivity (Wildman–Crippen MR) is 244 cm³/mol. The minimum Gasteiger partial charge on any atom is -0.478 e. The van der Waals surface area contributed by atoms with Gasteiger partial charge in [-0.3, -0.25) is 19.2 Å². The minimum atomic E-state index is -2.24. The van der Waals surface area contributed by atoms with Crippen molar-refractivity contribution < 1.29 is 57.9 Å². The van der Waals surface area contributed by atoms with Gasteiger partial charge in [-0.05, 0) is 25.7 Å². The number of carbonyl (C=O) groups excluding carboxylic acids is 4. The van der Waals surface area contributed by atoms with E-state index in [9.17, 15) is 39.0 Å². The average Bonchev–Trinajstić information content (AvgIpc) is 3.24. The molecule has 0 spiro atoms. The summed E-state index contributed by atoms with van der Waals surface area (Å²) in [6.07, 6.45) is 21.2. The van der Waals surface area contributed by atoms with Gasteiger partial charge in [0.15, 0.2) is 12.2 Å². The molecule has 0 aromatic heterocycles. The molecule has 0 amide bonds. The van der Waals surface area contributed by atoms with Gasteiger partial charge in [-0.1, -0.05) is 207 Å². The van der Waals surface area contributed by atoms with Gasteiger partial charge in [-0.15, -0.1) is 0 Å². The fourth-order valence-electron chi connectivity index (χ4n) is 7.55. The van der Waals surface area contributed by atoms with Gasteiger partial charge in [0, 0.05) is 25.7 Å². The van der Waals surface area contributed by atoms with Gasteiger partial charge in [-0.25, -0.2) is 9.59 Å². The van der Waals surface area contributed by atoms with E-state index in [1.54, 1.807) is 0 Å². The van der Waals surface area contributed by atoms with Crippen LogP contribution in [0.2, 0.25) is 0 Å². The molecule has 0 rings (SSSR count). The zero-order valence-electron chi connectivity index (χ0n) is 39.7. The van der Waals surface area contributed by atoms with Crippen LogP contribution >= 0.6 is 0 Å². The van der Waals surface area contributed by atoms with E-state index >= 15 is 0 Å². The van der Waals surface area contributed by atoms with Crippen LogP contribution in [0.5, 0.6) is 0 Å². The van der Waals surface area contributed by atoms with Crippen LogP contribution in [0.3, 0.4) is 0 Å². The van der Waals surface area contributed by atoms with Crippen molar-refractivity contribution in [3.63, 3.8) is 0 Å². The standard InChI is InChI=1S/C50H90O12/c1-5-9-13-17-21-25-29-33-37-41(51)59-45(47(49(55)56)61-43(53)39-35-31-27-23-19-15-11-7-3)46(60-42(52)38-34-30-26-22-18-14-10-6-2)48(50(57)58)62-44(54)40-36-32-28-24-20-16-12-8-4/h45-48H,5-40H2,1-4H3,(H,55,56)(H,57,58)/t45-,46+,47+,48-. The summed E-state index contributed by atoms with van der Waals surface area (Å²) in [6, 6.07) is 0. The first-order valence-electron chi connectivity index (χ1n) is 25.3. The molecular weight excluding hydrogens is 793 g/mol. The van der Waals surface area contributed by atoms with Crippen LogP contribution in [0.25, 0.3) is 0 Å². The molecule has 0 fully saturated rings. The van der Waals surface area contributed by atoms with E-state index in [2.05, 4.69) is 27.7 Å². The largest absolute Gasteiger partial charge is 0.478 e. The summed E-state index contributed by atoms with van der Waals surface area (Å²) < 4.78 is 22.4. The zero-order valence-corrected chi connectivity index (χ0v) is 39.7. The molecule has 62 heavy (non-hydrogen) atoms. The van der Waals surface area contributed by atoms with Crippen LogP contribution in [0.15, 0.2) is 0 Å². The summed E-state index contributed by atoms with van der Waals surface area (Å²) in [5, 5.41) is 21.0. The summed E-state index contributed by atoms with van der Waals surface area (Å²) in [7, 11) is 0. The highest BCUT2D eigenvalue weighted by Gasteiger charge is 2.50. The Hall–Kier alpha value is -3.18. The third-order valence-corrected chi connectivity index (χ3v) is 11.4. The van der Waals surface area contributed by atoms with Crippen LogP contribution in [-0.2, 0) is 47.7 Å². The van der Waals surface area contributed by atoms with Crippen LogP contribution in [-0.4, -0.2) is 70.4 Å². The SMILES string of the molecule is CCCCCCCCCCC(=O)O[C@H]([C@H](OC(=O)CCCCCCCCCC)[C@@H](OC(=O)CCCCCCCCCC)C(=O)O)[C@H](OC(=O)CCCCCCCCCC)C(=O)O. The van der Waals surface area contributed by atoms with Crippen molar-refractivity contribution in [2.75, 3.05) is 0 Å². The molecule has 0 radical (unpaired) electrons. The van der Waals surface area contributed by atoms with E-state index in [1.807, 2.05) is 0 Å². The number of carbonyl (C=O) groups is 6. The van der Waals surface area contributed by atoms with Crippen molar-refractivity contribution in [2.45, 2.75) is 283 Å². The molecule has 0 bridgehead atoms. The number of esters is 4. The Balaban J connectivity index is 6.32. The third kappa shape index (κ3) is 33.4. The van der Waals surface area contributed by atoms with Gasteiger partial charge in [0.2, 0.25) is 12.2 Å². The van der Waals surface area contributed by atoms with Crippen molar-refractivity contribution in [1.82, 2.24) is 0 Å². The highest BCUT2D eigenvalue weighted by molar-refractivity contribution is 5.82. The number of rotatable bonds is 45. The summed E-state index contributed by atoms with van der Waals surface area (Å²) in [4.78, 5) is 79.1. The Morgan fingerprint density at radius 3 is 0.661 bits per heavy atom. The maximum Gasteiger partial charge on any atom is 0.349 e. The van der Waals surface area contributed by atoms with E-state index in [0.717, 1.165) is 141 Å². The molecule has 0 saturated carbocycles. The van der Waals surface area contributed by atoms with E-state index in [0.29, 0.717) is 38.5 Å². The molecule has 0 aliphatic heterocycles. The Labute approximate surface area is 376 Å². The van der Waals surface area contributed by atoms with Gasteiger partial charge in [0.25, 0.3) is 0 Å². The number of hydrogen-bond acceptors (Lipinski definition) is 10. The highest BCUT2D eigenvalue weighted by Crippen LogP contribution is 2.24. The molecule has 0 aromatic carbocycles. The first-order valence-corrected chi connectivity index (χ1v) is 25.3. The fourth-order valence-corrected chi connectivity index (χ4v) is 7.55. The number of carboxylic acid groups (broad SMARTS) is 2. The number of ether oxygens (including phenoxy) is 4. The van der Waals surface area contributed by atoms with Crippen LogP contribution < -0.4 is 0 Å². The molecule has 0 aromatic rings. The maximum absolute atomic E-state index is 13.5. The first kappa shape index (κ1) is 58.8. The van der Waals surface area contributed by atoms with Crippen molar-refractivity contribution >= 4 is 35.8 Å². The van der Waals surface area contributed by atoms with Crippen molar-refractivity contribution in [3.8, 4) is 0 Å². The molecule has 4 atom stereocenters. The summed E-state index contributed by atoms with van der Waals surface area (Å²) >= 11 is 0. The lowest BCUT2D eigenvalue weighted by Gasteiger charge is -2.33. The lowest BCUT2D eigenvalue weighted by molar-refractivity contribution is -0.209. The Morgan fingerprint density at radius 1 is 0.290 bits per heavy atom. The van der Waals surface area contributed by atoms with Crippen molar-refractivity contribution in [1.29, 1.82) is 0 Å². The molecule has 0 saturated heterocycles. The molecular formula is C50H90O12. The lowest BCUT2D eigenvalue weighted by atomic mass is 10.0. The zero-order chi connectivity index (χ0) is 46.1. The quantitative estimate of drug-likeness (QED) is 0.0336. The van der Waals surface area contributed by atoms with Gasteiger partial charge < -0.3 is 29.2 Å². The number of unbranched alkanes of at least 4 members (excludes halogenated alkanes) is 28. The van der Waals surface area contributed by atoms with Gasteiger partial charge >= 0.3 is 35.8 Å². The van der Waals surface area contributed by atoms with Crippen LogP contribution in [0.1, 0.15) is 259 Å². The van der Waals surface area contributed by atoms with Crippen molar-refractivity contribution in [3.05, 3.63) is 0 Å². The molecule has 2 N–H and O–H groups in total. The monoisotopic (exact) mass is 883 g/mol. The Kier molecular flexibility index (Phi) is 39.7. The second-order valence-electron chi connectivity index (χ2n) is 17.3. The second kappa shape index (κ2) is 41.8. The summed E-state index contributed by atoms with van der Waals surface area (Å²) in [5.41, 5.74) is 0. The molecule has 0 aliphatic carbocycles. The highest BCUT2D eigenvalue weighted by atomic mass is 16.6.